The van der Waals surface area contributed by atoms with Crippen LogP contribution in [0, 0.1) is 17.3 Å². The highest BCUT2D eigenvalue weighted by molar-refractivity contribution is 5.89. The molecule has 0 radical (unpaired) electrons. The minimum absolute atomic E-state index is 0.0161. The Morgan fingerprint density at radius 1 is 1.57 bits per heavy atom. The Morgan fingerprint density at radius 3 is 2.57 bits per heavy atom. The van der Waals surface area contributed by atoms with Crippen LogP contribution in [-0.4, -0.2) is 22.0 Å². The third-order valence-corrected chi connectivity index (χ3v) is 3.63. The molecule has 0 aromatic heterocycles. The van der Waals surface area contributed by atoms with Gasteiger partial charge in [-0.1, -0.05) is 25.9 Å². The maximum Gasteiger partial charge on any atom is 0.307 e. The first-order valence-electron chi connectivity index (χ1n) is 4.85. The first kappa shape index (κ1) is 11.0. The normalized spacial score (nSPS) is 34.4. The topological polar surface area (TPSA) is 69.9 Å². The second-order valence-electron chi connectivity index (χ2n) is 4.56. The van der Waals surface area contributed by atoms with Crippen LogP contribution in [0.3, 0.4) is 0 Å². The molecule has 80 valence electrons. The van der Waals surface area contributed by atoms with E-state index in [1.165, 1.54) is 0 Å². The molecule has 0 aliphatic heterocycles. The molecule has 14 heavy (non-hydrogen) atoms. The summed E-state index contributed by atoms with van der Waals surface area (Å²) in [5.74, 6) is -1.08. The van der Waals surface area contributed by atoms with Crippen LogP contribution in [-0.2, 0) is 4.79 Å². The molecule has 2 N–H and O–H groups in total. The van der Waals surface area contributed by atoms with E-state index in [-0.39, 0.29) is 17.3 Å². The molecule has 2 unspecified atom stereocenters. The molecule has 0 bridgehead atoms. The zero-order valence-electron chi connectivity index (χ0n) is 8.82. The number of hydrogen-bond acceptors (Lipinski definition) is 3. The van der Waals surface area contributed by atoms with E-state index in [2.05, 4.69) is 5.16 Å². The molecule has 0 amide bonds. The van der Waals surface area contributed by atoms with Crippen LogP contribution in [0.2, 0.25) is 0 Å². The number of carboxylic acids is 1. The smallest absolute Gasteiger partial charge is 0.307 e. The molecule has 0 spiro atoms. The fourth-order valence-corrected chi connectivity index (χ4v) is 2.19. The van der Waals surface area contributed by atoms with Crippen molar-refractivity contribution in [3.63, 3.8) is 0 Å². The van der Waals surface area contributed by atoms with Gasteiger partial charge in [-0.15, -0.1) is 0 Å². The molecule has 0 aromatic carbocycles. The minimum atomic E-state index is -0.751. The van der Waals surface area contributed by atoms with Gasteiger partial charge in [0, 0.05) is 5.92 Å². The second-order valence-corrected chi connectivity index (χ2v) is 4.56. The number of aliphatic carboxylic acids is 1. The van der Waals surface area contributed by atoms with Gasteiger partial charge in [0.25, 0.3) is 0 Å². The van der Waals surface area contributed by atoms with Gasteiger partial charge < -0.3 is 10.3 Å². The summed E-state index contributed by atoms with van der Waals surface area (Å²) in [6, 6.07) is 0. The van der Waals surface area contributed by atoms with E-state index in [1.54, 1.807) is 0 Å². The summed E-state index contributed by atoms with van der Waals surface area (Å²) in [6.45, 7) is 5.76. The van der Waals surface area contributed by atoms with Gasteiger partial charge in [0.2, 0.25) is 0 Å². The van der Waals surface area contributed by atoms with Crippen LogP contribution in [0.25, 0.3) is 0 Å². The van der Waals surface area contributed by atoms with Crippen LogP contribution in [0.4, 0.5) is 0 Å². The van der Waals surface area contributed by atoms with E-state index >= 15 is 0 Å². The predicted octanol–water partition coefficient (Wildman–Crippen LogP) is 1.97. The highest BCUT2D eigenvalue weighted by Crippen LogP contribution is 2.43. The van der Waals surface area contributed by atoms with Gasteiger partial charge in [-0.05, 0) is 18.3 Å². The molecular formula is C10H17NO3. The zero-order chi connectivity index (χ0) is 10.9. The molecule has 2 atom stereocenters. The number of oxime groups is 1. The van der Waals surface area contributed by atoms with Gasteiger partial charge in [-0.2, -0.15) is 0 Å². The fraction of sp³-hybridized carbons (Fsp3) is 0.800. The number of rotatable bonds is 1. The van der Waals surface area contributed by atoms with E-state index in [1.807, 2.05) is 20.8 Å². The number of nitrogens with zero attached hydrogens (tertiary/aromatic N) is 1. The molecule has 0 heterocycles. The lowest BCUT2D eigenvalue weighted by Gasteiger charge is -2.41. The van der Waals surface area contributed by atoms with E-state index in [9.17, 15) is 4.79 Å². The van der Waals surface area contributed by atoms with Gasteiger partial charge in [0.1, 0.15) is 0 Å². The molecule has 1 saturated carbocycles. The van der Waals surface area contributed by atoms with Gasteiger partial charge in [0.05, 0.1) is 11.6 Å². The van der Waals surface area contributed by atoms with Crippen molar-refractivity contribution in [2.45, 2.75) is 33.6 Å². The largest absolute Gasteiger partial charge is 0.481 e. The van der Waals surface area contributed by atoms with Gasteiger partial charge in [-0.3, -0.25) is 4.79 Å². The molecule has 0 aromatic rings. The lowest BCUT2D eigenvalue weighted by atomic mass is 9.62. The van der Waals surface area contributed by atoms with Crippen LogP contribution in [0.1, 0.15) is 33.6 Å². The van der Waals surface area contributed by atoms with E-state index in [0.717, 1.165) is 0 Å². The van der Waals surface area contributed by atoms with Crippen molar-refractivity contribution in [3.8, 4) is 0 Å². The summed E-state index contributed by atoms with van der Waals surface area (Å²) in [7, 11) is 0. The molecule has 1 fully saturated rings. The Bertz CT molecular complexity index is 271. The highest BCUT2D eigenvalue weighted by atomic mass is 16.4. The molecule has 4 heteroatoms. The summed E-state index contributed by atoms with van der Waals surface area (Å²) >= 11 is 0. The number of carboxylic acid groups (broad SMARTS) is 1. The first-order chi connectivity index (χ1) is 6.41. The van der Waals surface area contributed by atoms with Crippen molar-refractivity contribution in [2.75, 3.05) is 0 Å². The Balaban J connectivity index is 2.96. The van der Waals surface area contributed by atoms with Crippen LogP contribution < -0.4 is 0 Å². The molecular weight excluding hydrogens is 182 g/mol. The molecule has 1 aliphatic rings. The Hall–Kier alpha value is -1.06. The number of hydrogen-bond donors (Lipinski definition) is 2. The van der Waals surface area contributed by atoms with Gasteiger partial charge in [0.15, 0.2) is 0 Å². The van der Waals surface area contributed by atoms with E-state index in [4.69, 9.17) is 10.3 Å². The average molecular weight is 199 g/mol. The Morgan fingerprint density at radius 2 is 2.14 bits per heavy atom. The fourth-order valence-electron chi connectivity index (χ4n) is 2.19. The highest BCUT2D eigenvalue weighted by Gasteiger charge is 2.44. The lowest BCUT2D eigenvalue weighted by molar-refractivity contribution is -0.147. The maximum atomic E-state index is 11.0. The van der Waals surface area contributed by atoms with E-state index in [0.29, 0.717) is 18.6 Å². The molecule has 1 aliphatic carbocycles. The summed E-state index contributed by atoms with van der Waals surface area (Å²) in [6.07, 6.45) is 1.14. The zero-order valence-corrected chi connectivity index (χ0v) is 8.82. The average Bonchev–Trinajstić information content (AvgIpc) is 2.08. The summed E-state index contributed by atoms with van der Waals surface area (Å²) < 4.78 is 0. The van der Waals surface area contributed by atoms with Gasteiger partial charge >= 0.3 is 5.97 Å². The Labute approximate surface area is 83.6 Å². The standard InChI is InChI=1S/C10H17NO3/c1-6-8(11-14)5-4-7(9(12)13)10(6,2)3/h6-7,14H,4-5H2,1-3H3,(H,12,13)/b11-8+. The monoisotopic (exact) mass is 199 g/mol. The summed E-state index contributed by atoms with van der Waals surface area (Å²) in [5.41, 5.74) is 0.374. The van der Waals surface area contributed by atoms with Crippen LogP contribution in [0.15, 0.2) is 5.16 Å². The van der Waals surface area contributed by atoms with Crippen molar-refractivity contribution in [2.24, 2.45) is 22.4 Å². The van der Waals surface area contributed by atoms with Crippen molar-refractivity contribution in [1.29, 1.82) is 0 Å². The molecule has 4 nitrogen and oxygen atoms in total. The van der Waals surface area contributed by atoms with Gasteiger partial charge in [-0.25, -0.2) is 0 Å². The predicted molar refractivity (Wildman–Crippen MR) is 52.5 cm³/mol. The lowest BCUT2D eigenvalue weighted by Crippen LogP contribution is -2.44. The van der Waals surface area contributed by atoms with Crippen molar-refractivity contribution in [1.82, 2.24) is 0 Å². The summed E-state index contributed by atoms with van der Waals surface area (Å²) in [4.78, 5) is 11.0. The Kier molecular flexibility index (Phi) is 2.83. The van der Waals surface area contributed by atoms with Crippen LogP contribution >= 0.6 is 0 Å². The van der Waals surface area contributed by atoms with Crippen molar-refractivity contribution < 1.29 is 15.1 Å². The second kappa shape index (κ2) is 3.59. The third kappa shape index (κ3) is 1.61. The van der Waals surface area contributed by atoms with Crippen molar-refractivity contribution in [3.05, 3.63) is 0 Å². The SMILES string of the molecule is CC1/C(=N/O)CCC(C(=O)O)C1(C)C. The van der Waals surface area contributed by atoms with E-state index < -0.39 is 5.97 Å². The molecule has 1 rings (SSSR count). The summed E-state index contributed by atoms with van der Waals surface area (Å²) in [5, 5.41) is 21.0. The number of carbonyl (C=O) groups is 1. The van der Waals surface area contributed by atoms with Crippen LogP contribution in [0.5, 0.6) is 0 Å². The van der Waals surface area contributed by atoms with Crippen molar-refractivity contribution >= 4 is 11.7 Å². The quantitative estimate of drug-likeness (QED) is 0.501. The third-order valence-electron chi connectivity index (χ3n) is 3.63. The molecule has 0 saturated heterocycles. The maximum absolute atomic E-state index is 11.0. The first-order valence-corrected chi connectivity index (χ1v) is 4.85. The minimum Gasteiger partial charge on any atom is -0.481 e.